The van der Waals surface area contributed by atoms with Crippen LogP contribution in [-0.2, 0) is 9.53 Å². The monoisotopic (exact) mass is 252 g/mol. The number of nitrogens with two attached hydrogens (primary N) is 1. The molecule has 0 aliphatic rings. The SMILES string of the molecule is CCC(CC)(CN)C(=O)NCCOCC(F)F. The summed E-state index contributed by atoms with van der Waals surface area (Å²) in [5.41, 5.74) is 5.06. The lowest BCUT2D eigenvalue weighted by Crippen LogP contribution is -2.46. The third-order valence-electron chi connectivity index (χ3n) is 3.00. The fourth-order valence-electron chi connectivity index (χ4n) is 1.55. The number of ether oxygens (including phenoxy) is 1. The van der Waals surface area contributed by atoms with E-state index in [0.717, 1.165) is 0 Å². The van der Waals surface area contributed by atoms with Crippen molar-refractivity contribution in [1.82, 2.24) is 5.32 Å². The van der Waals surface area contributed by atoms with Crippen LogP contribution in [0, 0.1) is 5.41 Å². The molecule has 0 spiro atoms. The van der Waals surface area contributed by atoms with Crippen molar-refractivity contribution in [3.05, 3.63) is 0 Å². The van der Waals surface area contributed by atoms with Crippen molar-refractivity contribution in [3.63, 3.8) is 0 Å². The fraction of sp³-hybridized carbons (Fsp3) is 0.909. The summed E-state index contributed by atoms with van der Waals surface area (Å²) in [6, 6.07) is 0. The molecule has 0 bridgehead atoms. The van der Waals surface area contributed by atoms with Crippen LogP contribution in [0.15, 0.2) is 0 Å². The van der Waals surface area contributed by atoms with Crippen LogP contribution in [0.3, 0.4) is 0 Å². The highest BCUT2D eigenvalue weighted by molar-refractivity contribution is 5.82. The minimum absolute atomic E-state index is 0.0875. The maximum Gasteiger partial charge on any atom is 0.261 e. The zero-order chi connectivity index (χ0) is 13.3. The summed E-state index contributed by atoms with van der Waals surface area (Å²) in [5, 5.41) is 2.66. The van der Waals surface area contributed by atoms with Gasteiger partial charge >= 0.3 is 0 Å². The second-order valence-corrected chi connectivity index (χ2v) is 3.91. The van der Waals surface area contributed by atoms with Gasteiger partial charge in [0.2, 0.25) is 5.91 Å². The smallest absolute Gasteiger partial charge is 0.261 e. The molecule has 6 heteroatoms. The second kappa shape index (κ2) is 8.36. The van der Waals surface area contributed by atoms with Gasteiger partial charge in [0, 0.05) is 13.1 Å². The molecule has 102 valence electrons. The number of carbonyl (C=O) groups excluding carboxylic acids is 1. The van der Waals surface area contributed by atoms with E-state index in [0.29, 0.717) is 12.8 Å². The number of hydrogen-bond acceptors (Lipinski definition) is 3. The largest absolute Gasteiger partial charge is 0.374 e. The Morgan fingerprint density at radius 3 is 2.41 bits per heavy atom. The van der Waals surface area contributed by atoms with Gasteiger partial charge < -0.3 is 15.8 Å². The van der Waals surface area contributed by atoms with Crippen LogP contribution < -0.4 is 11.1 Å². The standard InChI is InChI=1S/C11H22F2N2O2/c1-3-11(4-2,8-14)10(16)15-5-6-17-7-9(12)13/h9H,3-8,14H2,1-2H3,(H,15,16). The van der Waals surface area contributed by atoms with Crippen molar-refractivity contribution >= 4 is 5.91 Å². The van der Waals surface area contributed by atoms with Gasteiger partial charge in [0.15, 0.2) is 0 Å². The lowest BCUT2D eigenvalue weighted by atomic mass is 9.81. The summed E-state index contributed by atoms with van der Waals surface area (Å²) in [6.07, 6.45) is -1.16. The molecule has 0 saturated heterocycles. The highest BCUT2D eigenvalue weighted by Gasteiger charge is 2.32. The molecule has 0 fully saturated rings. The summed E-state index contributed by atoms with van der Waals surface area (Å²) in [4.78, 5) is 11.9. The molecule has 0 saturated carbocycles. The van der Waals surface area contributed by atoms with E-state index >= 15 is 0 Å². The molecule has 0 rings (SSSR count). The van der Waals surface area contributed by atoms with E-state index in [1.54, 1.807) is 0 Å². The van der Waals surface area contributed by atoms with E-state index in [1.807, 2.05) is 13.8 Å². The van der Waals surface area contributed by atoms with Gasteiger partial charge in [-0.2, -0.15) is 0 Å². The minimum Gasteiger partial charge on any atom is -0.374 e. The molecular weight excluding hydrogens is 230 g/mol. The van der Waals surface area contributed by atoms with E-state index in [-0.39, 0.29) is 25.6 Å². The lowest BCUT2D eigenvalue weighted by molar-refractivity contribution is -0.131. The van der Waals surface area contributed by atoms with Gasteiger partial charge in [-0.25, -0.2) is 8.78 Å². The number of alkyl halides is 2. The number of amides is 1. The first-order chi connectivity index (χ1) is 8.02. The van der Waals surface area contributed by atoms with E-state index in [9.17, 15) is 13.6 Å². The van der Waals surface area contributed by atoms with Crippen LogP contribution in [-0.4, -0.2) is 38.6 Å². The third-order valence-corrected chi connectivity index (χ3v) is 3.00. The van der Waals surface area contributed by atoms with E-state index in [4.69, 9.17) is 5.73 Å². The number of nitrogens with one attached hydrogen (secondary N) is 1. The molecule has 17 heavy (non-hydrogen) atoms. The Labute approximate surface area is 101 Å². The molecule has 0 aliphatic carbocycles. The van der Waals surface area contributed by atoms with Crippen LogP contribution in [0.2, 0.25) is 0 Å². The quantitative estimate of drug-likeness (QED) is 0.605. The van der Waals surface area contributed by atoms with E-state index in [2.05, 4.69) is 10.1 Å². The van der Waals surface area contributed by atoms with Crippen molar-refractivity contribution in [2.75, 3.05) is 26.3 Å². The first-order valence-electron chi connectivity index (χ1n) is 5.86. The molecule has 0 aromatic carbocycles. The van der Waals surface area contributed by atoms with E-state index < -0.39 is 18.4 Å². The van der Waals surface area contributed by atoms with Crippen LogP contribution in [0.5, 0.6) is 0 Å². The van der Waals surface area contributed by atoms with Gasteiger partial charge in [-0.1, -0.05) is 13.8 Å². The van der Waals surface area contributed by atoms with Crippen LogP contribution in [0.4, 0.5) is 8.78 Å². The lowest BCUT2D eigenvalue weighted by Gasteiger charge is -2.28. The topological polar surface area (TPSA) is 64.4 Å². The number of halogens is 2. The first-order valence-corrected chi connectivity index (χ1v) is 5.86. The molecule has 4 nitrogen and oxygen atoms in total. The molecule has 1 amide bonds. The maximum atomic E-state index is 11.9. The van der Waals surface area contributed by atoms with Crippen molar-refractivity contribution < 1.29 is 18.3 Å². The first kappa shape index (κ1) is 16.2. The average Bonchev–Trinajstić information content (AvgIpc) is 2.31. The zero-order valence-corrected chi connectivity index (χ0v) is 10.5. The minimum atomic E-state index is -2.47. The van der Waals surface area contributed by atoms with Crippen LogP contribution in [0.25, 0.3) is 0 Å². The Balaban J connectivity index is 3.91. The molecule has 3 N–H and O–H groups in total. The van der Waals surface area contributed by atoms with Gasteiger partial charge in [-0.05, 0) is 12.8 Å². The average molecular weight is 252 g/mol. The second-order valence-electron chi connectivity index (χ2n) is 3.91. The Hall–Kier alpha value is -0.750. The summed E-state index contributed by atoms with van der Waals surface area (Å²) >= 11 is 0. The molecule has 0 radical (unpaired) electrons. The molecule has 0 heterocycles. The Morgan fingerprint density at radius 1 is 1.41 bits per heavy atom. The van der Waals surface area contributed by atoms with Gasteiger partial charge in [0.25, 0.3) is 6.43 Å². The van der Waals surface area contributed by atoms with Crippen molar-refractivity contribution in [2.24, 2.45) is 11.1 Å². The maximum absolute atomic E-state index is 11.9. The van der Waals surface area contributed by atoms with Gasteiger partial charge in [0.05, 0.1) is 12.0 Å². The summed E-state index contributed by atoms with van der Waals surface area (Å²) in [7, 11) is 0. The van der Waals surface area contributed by atoms with Gasteiger partial charge in [-0.3, -0.25) is 4.79 Å². The molecule has 0 unspecified atom stereocenters. The predicted octanol–water partition coefficient (Wildman–Crippen LogP) is 1.15. The molecule has 0 aliphatic heterocycles. The van der Waals surface area contributed by atoms with Crippen molar-refractivity contribution in [2.45, 2.75) is 33.1 Å². The number of rotatable bonds is 9. The van der Waals surface area contributed by atoms with Crippen molar-refractivity contribution in [3.8, 4) is 0 Å². The highest BCUT2D eigenvalue weighted by Crippen LogP contribution is 2.24. The fourth-order valence-corrected chi connectivity index (χ4v) is 1.55. The Morgan fingerprint density at radius 2 is 2.00 bits per heavy atom. The van der Waals surface area contributed by atoms with Crippen LogP contribution in [0.1, 0.15) is 26.7 Å². The van der Waals surface area contributed by atoms with Crippen molar-refractivity contribution in [1.29, 1.82) is 0 Å². The highest BCUT2D eigenvalue weighted by atomic mass is 19.3. The summed E-state index contributed by atoms with van der Waals surface area (Å²) in [6.45, 7) is 3.81. The third kappa shape index (κ3) is 5.41. The molecule has 0 aromatic rings. The Bertz CT molecular complexity index is 213. The van der Waals surface area contributed by atoms with Gasteiger partial charge in [0.1, 0.15) is 6.61 Å². The number of hydrogen-bond donors (Lipinski definition) is 2. The van der Waals surface area contributed by atoms with Gasteiger partial charge in [-0.15, -0.1) is 0 Å². The zero-order valence-electron chi connectivity index (χ0n) is 10.5. The van der Waals surface area contributed by atoms with E-state index in [1.165, 1.54) is 0 Å². The normalized spacial score (nSPS) is 11.9. The summed E-state index contributed by atoms with van der Waals surface area (Å²) in [5.74, 6) is -0.134. The molecule has 0 atom stereocenters. The predicted molar refractivity (Wildman–Crippen MR) is 61.9 cm³/mol. The van der Waals surface area contributed by atoms with Crippen LogP contribution >= 0.6 is 0 Å². The molecule has 0 aromatic heterocycles. The Kier molecular flexibility index (Phi) is 7.99. The number of carbonyl (C=O) groups is 1. The summed E-state index contributed by atoms with van der Waals surface area (Å²) < 4.78 is 28.2. The molecular formula is C11H22F2N2O2.